The summed E-state index contributed by atoms with van der Waals surface area (Å²) in [6.45, 7) is 3.97. The monoisotopic (exact) mass is 196 g/mol. The Labute approximate surface area is 82.2 Å². The van der Waals surface area contributed by atoms with Gasteiger partial charge in [-0.25, -0.2) is 0 Å². The van der Waals surface area contributed by atoms with Crippen LogP contribution in [0, 0.1) is 13.8 Å². The summed E-state index contributed by atoms with van der Waals surface area (Å²) in [5.41, 5.74) is 10.9. The van der Waals surface area contributed by atoms with Crippen LogP contribution in [0.4, 0.5) is 0 Å². The average molecular weight is 196 g/mol. The Hall–Kier alpha value is -1.36. The number of H-pyrrole nitrogens is 1. The first-order chi connectivity index (χ1) is 6.09. The lowest BCUT2D eigenvalue weighted by Crippen LogP contribution is -2.24. The molecule has 0 aromatic carbocycles. The van der Waals surface area contributed by atoms with Crippen LogP contribution in [0.5, 0.6) is 0 Å². The van der Waals surface area contributed by atoms with Crippen molar-refractivity contribution in [3.8, 4) is 0 Å². The van der Waals surface area contributed by atoms with Gasteiger partial charge < -0.3 is 10.7 Å². The highest BCUT2D eigenvalue weighted by Crippen LogP contribution is 2.05. The zero-order chi connectivity index (χ0) is 9.84. The Balaban J connectivity index is 2.68. The second-order valence-corrected chi connectivity index (χ2v) is 3.21. The van der Waals surface area contributed by atoms with Crippen LogP contribution in [0.3, 0.4) is 0 Å². The highest BCUT2D eigenvalue weighted by Gasteiger charge is 1.97. The number of aromatic nitrogens is 1. The molecule has 1 aromatic rings. The van der Waals surface area contributed by atoms with Crippen LogP contribution in [0.1, 0.15) is 17.0 Å². The molecule has 0 saturated carbocycles. The number of rotatable bonds is 2. The third kappa shape index (κ3) is 2.87. The van der Waals surface area contributed by atoms with Crippen LogP contribution in [0.2, 0.25) is 0 Å². The topological polar surface area (TPSA) is 66.2 Å². The molecule has 0 bridgehead atoms. The van der Waals surface area contributed by atoms with Gasteiger partial charge in [0.2, 0.25) is 0 Å². The van der Waals surface area contributed by atoms with Crippen LogP contribution in [-0.2, 0) is 0 Å². The number of thiocarbonyl (C=S) groups is 1. The molecule has 4 nitrogen and oxygen atoms in total. The van der Waals surface area contributed by atoms with Gasteiger partial charge in [-0.1, -0.05) is 0 Å². The van der Waals surface area contributed by atoms with Gasteiger partial charge in [-0.05, 0) is 32.1 Å². The third-order valence-electron chi connectivity index (χ3n) is 1.57. The van der Waals surface area contributed by atoms with Gasteiger partial charge >= 0.3 is 0 Å². The molecule has 0 amide bonds. The first kappa shape index (κ1) is 9.73. The number of hydrogen-bond acceptors (Lipinski definition) is 2. The molecule has 1 rings (SSSR count). The summed E-state index contributed by atoms with van der Waals surface area (Å²) in [6.07, 6.45) is 1.68. The molecule has 0 unspecified atom stereocenters. The molecule has 0 fully saturated rings. The summed E-state index contributed by atoms with van der Waals surface area (Å²) < 4.78 is 0. The Morgan fingerprint density at radius 3 is 2.85 bits per heavy atom. The molecule has 1 heterocycles. The van der Waals surface area contributed by atoms with E-state index in [-0.39, 0.29) is 5.11 Å². The lowest BCUT2D eigenvalue weighted by Gasteiger charge is -1.93. The van der Waals surface area contributed by atoms with Crippen molar-refractivity contribution in [1.82, 2.24) is 10.4 Å². The summed E-state index contributed by atoms with van der Waals surface area (Å²) in [5.74, 6) is 0. The summed E-state index contributed by atoms with van der Waals surface area (Å²) in [5, 5.41) is 4.02. The number of nitrogens with one attached hydrogen (secondary N) is 2. The quantitative estimate of drug-likeness (QED) is 0.372. The van der Waals surface area contributed by atoms with Crippen LogP contribution >= 0.6 is 12.2 Å². The fraction of sp³-hybridized carbons (Fsp3) is 0.250. The summed E-state index contributed by atoms with van der Waals surface area (Å²) in [6, 6.07) is 2.00. The van der Waals surface area contributed by atoms with Gasteiger partial charge in [0.25, 0.3) is 0 Å². The maximum atomic E-state index is 5.20. The minimum Gasteiger partial charge on any atom is -0.375 e. The van der Waals surface area contributed by atoms with E-state index in [9.17, 15) is 0 Å². The number of aryl methyl sites for hydroxylation is 2. The van der Waals surface area contributed by atoms with Crippen LogP contribution in [-0.4, -0.2) is 16.3 Å². The van der Waals surface area contributed by atoms with E-state index in [1.807, 2.05) is 19.9 Å². The second-order valence-electron chi connectivity index (χ2n) is 2.77. The molecule has 0 radical (unpaired) electrons. The van der Waals surface area contributed by atoms with E-state index in [4.69, 9.17) is 5.73 Å². The first-order valence-electron chi connectivity index (χ1n) is 3.84. The van der Waals surface area contributed by atoms with Gasteiger partial charge in [0.05, 0.1) is 6.21 Å². The van der Waals surface area contributed by atoms with E-state index < -0.39 is 0 Å². The lowest BCUT2D eigenvalue weighted by molar-refractivity contribution is 1.04. The minimum atomic E-state index is 0.168. The number of nitrogens with two attached hydrogens (primary N) is 1. The molecule has 70 valence electrons. The van der Waals surface area contributed by atoms with Crippen molar-refractivity contribution in [2.24, 2.45) is 10.8 Å². The number of aromatic amines is 1. The molecule has 0 aliphatic rings. The fourth-order valence-corrected chi connectivity index (χ4v) is 1.10. The molecular formula is C8H12N4S. The van der Waals surface area contributed by atoms with Gasteiger partial charge in [-0.15, -0.1) is 0 Å². The molecule has 0 atom stereocenters. The van der Waals surface area contributed by atoms with Crippen molar-refractivity contribution in [3.63, 3.8) is 0 Å². The van der Waals surface area contributed by atoms with Crippen molar-refractivity contribution >= 4 is 23.5 Å². The lowest BCUT2D eigenvalue weighted by atomic mass is 10.3. The standard InChI is InChI=1S/C8H12N4S/c1-5-3-7(6(2)11-5)4-10-12-8(9)13/h3-4,11H,1-2H3,(H3,9,12,13)/b10-4+. The molecule has 0 aliphatic carbocycles. The highest BCUT2D eigenvalue weighted by molar-refractivity contribution is 7.80. The Kier molecular flexibility index (Phi) is 3.02. The Bertz CT molecular complexity index is 340. The van der Waals surface area contributed by atoms with E-state index in [1.165, 1.54) is 0 Å². The average Bonchev–Trinajstić information content (AvgIpc) is 2.29. The summed E-state index contributed by atoms with van der Waals surface area (Å²) in [4.78, 5) is 3.16. The normalized spacial score (nSPS) is 10.6. The first-order valence-corrected chi connectivity index (χ1v) is 4.25. The van der Waals surface area contributed by atoms with E-state index in [0.717, 1.165) is 17.0 Å². The van der Waals surface area contributed by atoms with E-state index in [0.29, 0.717) is 0 Å². The van der Waals surface area contributed by atoms with Gasteiger partial charge in [0.1, 0.15) is 0 Å². The predicted molar refractivity (Wildman–Crippen MR) is 57.8 cm³/mol. The number of hydrogen-bond donors (Lipinski definition) is 3. The predicted octanol–water partition coefficient (Wildman–Crippen LogP) is 0.799. The van der Waals surface area contributed by atoms with Crippen molar-refractivity contribution < 1.29 is 0 Å². The Morgan fingerprint density at radius 1 is 1.69 bits per heavy atom. The van der Waals surface area contributed by atoms with Gasteiger partial charge in [-0.2, -0.15) is 5.10 Å². The molecule has 0 aliphatic heterocycles. The molecule has 13 heavy (non-hydrogen) atoms. The summed E-state index contributed by atoms with van der Waals surface area (Å²) in [7, 11) is 0. The van der Waals surface area contributed by atoms with Crippen molar-refractivity contribution in [3.05, 3.63) is 23.0 Å². The third-order valence-corrected chi connectivity index (χ3v) is 1.66. The van der Waals surface area contributed by atoms with Crippen molar-refractivity contribution in [1.29, 1.82) is 0 Å². The van der Waals surface area contributed by atoms with Crippen molar-refractivity contribution in [2.75, 3.05) is 0 Å². The maximum Gasteiger partial charge on any atom is 0.184 e. The Morgan fingerprint density at radius 2 is 2.38 bits per heavy atom. The SMILES string of the molecule is Cc1cc(/C=N/NC(N)=S)c(C)[nH]1. The fourth-order valence-electron chi connectivity index (χ4n) is 1.05. The molecule has 0 saturated heterocycles. The molecule has 0 spiro atoms. The van der Waals surface area contributed by atoms with E-state index in [2.05, 4.69) is 27.7 Å². The van der Waals surface area contributed by atoms with Crippen LogP contribution in [0.25, 0.3) is 0 Å². The van der Waals surface area contributed by atoms with Gasteiger partial charge in [0, 0.05) is 17.0 Å². The highest BCUT2D eigenvalue weighted by atomic mass is 32.1. The summed E-state index contributed by atoms with van der Waals surface area (Å²) >= 11 is 4.59. The number of nitrogens with zero attached hydrogens (tertiary/aromatic N) is 1. The van der Waals surface area contributed by atoms with E-state index >= 15 is 0 Å². The minimum absolute atomic E-state index is 0.168. The second kappa shape index (κ2) is 4.04. The van der Waals surface area contributed by atoms with Crippen LogP contribution in [0.15, 0.2) is 11.2 Å². The van der Waals surface area contributed by atoms with Gasteiger partial charge in [-0.3, -0.25) is 5.43 Å². The molecule has 5 heteroatoms. The molecule has 1 aromatic heterocycles. The smallest absolute Gasteiger partial charge is 0.184 e. The van der Waals surface area contributed by atoms with E-state index in [1.54, 1.807) is 6.21 Å². The van der Waals surface area contributed by atoms with Crippen LogP contribution < -0.4 is 11.2 Å². The molecular weight excluding hydrogens is 184 g/mol. The van der Waals surface area contributed by atoms with Gasteiger partial charge in [0.15, 0.2) is 5.11 Å². The molecule has 4 N–H and O–H groups in total. The zero-order valence-corrected chi connectivity index (χ0v) is 8.40. The largest absolute Gasteiger partial charge is 0.375 e. The number of hydrazone groups is 1. The maximum absolute atomic E-state index is 5.20. The van der Waals surface area contributed by atoms with Crippen molar-refractivity contribution in [2.45, 2.75) is 13.8 Å². The zero-order valence-electron chi connectivity index (χ0n) is 7.59.